The van der Waals surface area contributed by atoms with E-state index < -0.39 is 0 Å². The SMILES string of the molecule is CC(=O)COc1ccc(C[C@@H](N)CC(C)C)cc1. The van der Waals surface area contributed by atoms with E-state index in [1.54, 1.807) is 0 Å². The minimum absolute atomic E-state index is 0.0260. The van der Waals surface area contributed by atoms with Crippen LogP contribution in [0.5, 0.6) is 5.75 Å². The molecular formula is C15H23NO2. The van der Waals surface area contributed by atoms with Crippen LogP contribution in [-0.4, -0.2) is 18.4 Å². The zero-order valence-electron chi connectivity index (χ0n) is 11.5. The molecule has 0 aromatic heterocycles. The number of rotatable bonds is 7. The molecule has 1 aromatic carbocycles. The summed E-state index contributed by atoms with van der Waals surface area (Å²) in [6, 6.07) is 8.00. The standard InChI is InChI=1S/C15H23NO2/c1-11(2)8-14(16)9-13-4-6-15(7-5-13)18-10-12(3)17/h4-7,11,14H,8-10,16H2,1-3H3/t14-/m0/s1. The lowest BCUT2D eigenvalue weighted by Crippen LogP contribution is -2.24. The van der Waals surface area contributed by atoms with E-state index in [2.05, 4.69) is 13.8 Å². The minimum Gasteiger partial charge on any atom is -0.486 e. The molecule has 18 heavy (non-hydrogen) atoms. The van der Waals surface area contributed by atoms with E-state index in [0.29, 0.717) is 5.92 Å². The van der Waals surface area contributed by atoms with Crippen molar-refractivity contribution >= 4 is 5.78 Å². The zero-order valence-corrected chi connectivity index (χ0v) is 11.5. The van der Waals surface area contributed by atoms with E-state index >= 15 is 0 Å². The summed E-state index contributed by atoms with van der Waals surface area (Å²) in [4.78, 5) is 10.8. The van der Waals surface area contributed by atoms with Crippen molar-refractivity contribution in [2.75, 3.05) is 6.61 Å². The molecule has 3 heteroatoms. The third-order valence-electron chi connectivity index (χ3n) is 2.64. The third-order valence-corrected chi connectivity index (χ3v) is 2.64. The Bertz CT molecular complexity index is 371. The number of hydrogen-bond donors (Lipinski definition) is 1. The Balaban J connectivity index is 2.47. The van der Waals surface area contributed by atoms with Gasteiger partial charge >= 0.3 is 0 Å². The van der Waals surface area contributed by atoms with Crippen molar-refractivity contribution in [3.05, 3.63) is 29.8 Å². The van der Waals surface area contributed by atoms with Crippen LogP contribution in [-0.2, 0) is 11.2 Å². The minimum atomic E-state index is 0.0260. The molecule has 0 unspecified atom stereocenters. The molecule has 100 valence electrons. The van der Waals surface area contributed by atoms with E-state index in [1.807, 2.05) is 24.3 Å². The Morgan fingerprint density at radius 1 is 1.28 bits per heavy atom. The highest BCUT2D eigenvalue weighted by atomic mass is 16.5. The van der Waals surface area contributed by atoms with Gasteiger partial charge in [0.15, 0.2) is 5.78 Å². The molecule has 0 saturated carbocycles. The maximum Gasteiger partial charge on any atom is 0.167 e. The van der Waals surface area contributed by atoms with Crippen molar-refractivity contribution in [2.24, 2.45) is 11.7 Å². The van der Waals surface area contributed by atoms with Crippen molar-refractivity contribution in [2.45, 2.75) is 39.7 Å². The van der Waals surface area contributed by atoms with Crippen molar-refractivity contribution in [3.63, 3.8) is 0 Å². The van der Waals surface area contributed by atoms with Gasteiger partial charge in [-0.05, 0) is 43.4 Å². The predicted octanol–water partition coefficient (Wildman–Crippen LogP) is 2.57. The fraction of sp³-hybridized carbons (Fsp3) is 0.533. The number of carbonyl (C=O) groups excluding carboxylic acids is 1. The van der Waals surface area contributed by atoms with Gasteiger partial charge in [0, 0.05) is 6.04 Å². The van der Waals surface area contributed by atoms with Gasteiger partial charge in [0.05, 0.1) is 0 Å². The Hall–Kier alpha value is -1.35. The van der Waals surface area contributed by atoms with E-state index in [1.165, 1.54) is 12.5 Å². The fourth-order valence-electron chi connectivity index (χ4n) is 1.90. The Kier molecular flexibility index (Phi) is 5.86. The second-order valence-corrected chi connectivity index (χ2v) is 5.23. The Labute approximate surface area is 109 Å². The quantitative estimate of drug-likeness (QED) is 0.808. The Morgan fingerprint density at radius 2 is 1.89 bits per heavy atom. The summed E-state index contributed by atoms with van der Waals surface area (Å²) in [7, 11) is 0. The number of hydrogen-bond acceptors (Lipinski definition) is 3. The number of Topliss-reactive ketones (excluding diaryl/α,β-unsaturated/α-hetero) is 1. The Morgan fingerprint density at radius 3 is 2.39 bits per heavy atom. The highest BCUT2D eigenvalue weighted by Gasteiger charge is 2.06. The van der Waals surface area contributed by atoms with Gasteiger partial charge in [0.25, 0.3) is 0 Å². The van der Waals surface area contributed by atoms with Crippen LogP contribution in [0.4, 0.5) is 0 Å². The van der Waals surface area contributed by atoms with Crippen molar-refractivity contribution in [1.82, 2.24) is 0 Å². The van der Waals surface area contributed by atoms with E-state index in [-0.39, 0.29) is 18.4 Å². The smallest absolute Gasteiger partial charge is 0.167 e. The fourth-order valence-corrected chi connectivity index (χ4v) is 1.90. The molecule has 0 radical (unpaired) electrons. The average Bonchev–Trinajstić information content (AvgIpc) is 2.26. The first kappa shape index (κ1) is 14.7. The van der Waals surface area contributed by atoms with Crippen LogP contribution in [0.3, 0.4) is 0 Å². The van der Waals surface area contributed by atoms with Gasteiger partial charge in [-0.25, -0.2) is 0 Å². The van der Waals surface area contributed by atoms with Crippen molar-refractivity contribution in [3.8, 4) is 5.75 Å². The van der Waals surface area contributed by atoms with Crippen molar-refractivity contribution in [1.29, 1.82) is 0 Å². The topological polar surface area (TPSA) is 52.3 Å². The summed E-state index contributed by atoms with van der Waals surface area (Å²) in [5, 5.41) is 0. The summed E-state index contributed by atoms with van der Waals surface area (Å²) >= 11 is 0. The van der Waals surface area contributed by atoms with Gasteiger partial charge in [0.2, 0.25) is 0 Å². The van der Waals surface area contributed by atoms with Crippen LogP contribution in [0.2, 0.25) is 0 Å². The first-order valence-electron chi connectivity index (χ1n) is 6.44. The van der Waals surface area contributed by atoms with Gasteiger partial charge in [-0.3, -0.25) is 4.79 Å². The first-order chi connectivity index (χ1) is 8.47. The highest BCUT2D eigenvalue weighted by Crippen LogP contribution is 2.15. The second kappa shape index (κ2) is 7.17. The molecule has 3 nitrogen and oxygen atoms in total. The van der Waals surface area contributed by atoms with Gasteiger partial charge in [-0.15, -0.1) is 0 Å². The molecule has 1 rings (SSSR count). The summed E-state index contributed by atoms with van der Waals surface area (Å²) in [5.41, 5.74) is 7.27. The molecule has 0 spiro atoms. The summed E-state index contributed by atoms with van der Waals surface area (Å²) in [6.45, 7) is 6.00. The highest BCUT2D eigenvalue weighted by molar-refractivity contribution is 5.77. The average molecular weight is 249 g/mol. The van der Waals surface area contributed by atoms with Crippen LogP contribution in [0.15, 0.2) is 24.3 Å². The molecule has 0 aliphatic heterocycles. The number of benzene rings is 1. The van der Waals surface area contributed by atoms with E-state index in [9.17, 15) is 4.79 Å². The number of ketones is 1. The second-order valence-electron chi connectivity index (χ2n) is 5.23. The molecule has 0 heterocycles. The van der Waals surface area contributed by atoms with Crippen LogP contribution in [0.1, 0.15) is 32.8 Å². The van der Waals surface area contributed by atoms with Crippen LogP contribution in [0.25, 0.3) is 0 Å². The van der Waals surface area contributed by atoms with E-state index in [4.69, 9.17) is 10.5 Å². The monoisotopic (exact) mass is 249 g/mol. The number of carbonyl (C=O) groups is 1. The largest absolute Gasteiger partial charge is 0.486 e. The van der Waals surface area contributed by atoms with Gasteiger partial charge in [0.1, 0.15) is 12.4 Å². The van der Waals surface area contributed by atoms with Crippen molar-refractivity contribution < 1.29 is 9.53 Å². The summed E-state index contributed by atoms with van der Waals surface area (Å²) in [6.07, 6.45) is 1.91. The maximum atomic E-state index is 10.8. The van der Waals surface area contributed by atoms with Gasteiger partial charge in [-0.1, -0.05) is 26.0 Å². The van der Waals surface area contributed by atoms with E-state index in [0.717, 1.165) is 18.6 Å². The zero-order chi connectivity index (χ0) is 13.5. The van der Waals surface area contributed by atoms with Gasteiger partial charge < -0.3 is 10.5 Å². The molecule has 0 bridgehead atoms. The summed E-state index contributed by atoms with van der Waals surface area (Å²) in [5.74, 6) is 1.38. The molecule has 0 aliphatic carbocycles. The number of nitrogens with two attached hydrogens (primary N) is 1. The summed E-state index contributed by atoms with van der Waals surface area (Å²) < 4.78 is 5.31. The lowest BCUT2D eigenvalue weighted by Gasteiger charge is -2.14. The molecule has 1 atom stereocenters. The molecule has 0 saturated heterocycles. The first-order valence-corrected chi connectivity index (χ1v) is 6.44. The normalized spacial score (nSPS) is 12.5. The molecule has 2 N–H and O–H groups in total. The van der Waals surface area contributed by atoms with Crippen LogP contribution in [0, 0.1) is 5.92 Å². The molecule has 0 aliphatic rings. The maximum absolute atomic E-state index is 10.8. The predicted molar refractivity (Wildman–Crippen MR) is 73.8 cm³/mol. The molecular weight excluding hydrogens is 226 g/mol. The van der Waals surface area contributed by atoms with Crippen LogP contribution < -0.4 is 10.5 Å². The number of ether oxygens (including phenoxy) is 1. The molecule has 0 fully saturated rings. The molecule has 1 aromatic rings. The lowest BCUT2D eigenvalue weighted by atomic mass is 9.98. The molecule has 0 amide bonds. The lowest BCUT2D eigenvalue weighted by molar-refractivity contribution is -0.118. The van der Waals surface area contributed by atoms with Gasteiger partial charge in [-0.2, -0.15) is 0 Å². The third kappa shape index (κ3) is 5.82. The van der Waals surface area contributed by atoms with Crippen LogP contribution >= 0.6 is 0 Å².